The summed E-state index contributed by atoms with van der Waals surface area (Å²) in [5.74, 6) is -3.40. The van der Waals surface area contributed by atoms with Crippen molar-refractivity contribution in [2.24, 2.45) is 0 Å². The van der Waals surface area contributed by atoms with Crippen LogP contribution in [0.4, 0.5) is 35.1 Å². The Morgan fingerprint density at radius 2 is 0.906 bits per heavy atom. The summed E-state index contributed by atoms with van der Waals surface area (Å²) in [6.07, 6.45) is -6.39. The quantitative estimate of drug-likeness (QED) is 0.145. The highest BCUT2D eigenvalue weighted by Gasteiger charge is 2.34. The third-order valence-corrected chi connectivity index (χ3v) is 10.2. The van der Waals surface area contributed by atoms with Crippen molar-refractivity contribution in [2.75, 3.05) is 0 Å². The summed E-state index contributed by atoms with van der Waals surface area (Å²) in [6.45, 7) is 2.68. The Morgan fingerprint density at radius 3 is 1.26 bits per heavy atom. The smallest absolute Gasteiger partial charge is 0.256 e. The van der Waals surface area contributed by atoms with Crippen LogP contribution in [0.15, 0.2) is 109 Å². The standard InChI is InChI=1S/C40H28F8N2O2S/c1-23-7-9-25(17-33(23)39(43,44)45)31-5-3-15-49-37(31)27-11-13-29(35(41)19-27)21-53(51,52)22-30-14-12-28(20-36(30)42)38-32(6-4-16-50-38)26-10-8-24(2)34(18-26)40(46,47)48/h3-20H,21-22H2,1-2H3. The minimum absolute atomic E-state index is 0.0329. The minimum Gasteiger partial charge on any atom is -0.256 e. The molecule has 0 radical (unpaired) electrons. The number of hydrogen-bond acceptors (Lipinski definition) is 4. The van der Waals surface area contributed by atoms with Crippen LogP contribution in [0.25, 0.3) is 44.8 Å². The molecule has 53 heavy (non-hydrogen) atoms. The molecule has 272 valence electrons. The van der Waals surface area contributed by atoms with E-state index in [4.69, 9.17) is 0 Å². The Morgan fingerprint density at radius 1 is 0.528 bits per heavy atom. The number of pyridine rings is 2. The molecule has 4 nitrogen and oxygen atoms in total. The molecule has 0 saturated heterocycles. The first-order valence-corrected chi connectivity index (χ1v) is 17.8. The molecule has 4 aromatic carbocycles. The zero-order chi connectivity index (χ0) is 38.3. The summed E-state index contributed by atoms with van der Waals surface area (Å²) in [7, 11) is -4.16. The lowest BCUT2D eigenvalue weighted by Crippen LogP contribution is -2.10. The van der Waals surface area contributed by atoms with Gasteiger partial charge in [0, 0.05) is 45.8 Å². The summed E-state index contributed by atoms with van der Waals surface area (Å²) < 4.78 is 139. The maximum absolute atomic E-state index is 15.4. The second-order valence-electron chi connectivity index (χ2n) is 12.5. The van der Waals surface area contributed by atoms with E-state index in [1.165, 1.54) is 86.9 Å². The maximum Gasteiger partial charge on any atom is 0.416 e. The highest BCUT2D eigenvalue weighted by molar-refractivity contribution is 7.89. The van der Waals surface area contributed by atoms with E-state index in [1.54, 1.807) is 12.1 Å². The number of aromatic nitrogens is 2. The second kappa shape index (κ2) is 14.2. The zero-order valence-electron chi connectivity index (χ0n) is 27.9. The lowest BCUT2D eigenvalue weighted by molar-refractivity contribution is -0.138. The van der Waals surface area contributed by atoms with Crippen LogP contribution >= 0.6 is 0 Å². The molecule has 0 fully saturated rings. The van der Waals surface area contributed by atoms with E-state index in [2.05, 4.69) is 9.97 Å². The highest BCUT2D eigenvalue weighted by atomic mass is 32.2. The summed E-state index contributed by atoms with van der Waals surface area (Å²) in [5.41, 5.74) is -0.239. The fourth-order valence-electron chi connectivity index (χ4n) is 6.07. The average molecular weight is 753 g/mol. The molecule has 0 bridgehead atoms. The van der Waals surface area contributed by atoms with E-state index >= 15 is 8.78 Å². The predicted octanol–water partition coefficient (Wildman–Crippen LogP) is 11.2. The van der Waals surface area contributed by atoms with Gasteiger partial charge in [0.2, 0.25) is 0 Å². The van der Waals surface area contributed by atoms with Gasteiger partial charge in [0.15, 0.2) is 9.84 Å². The van der Waals surface area contributed by atoms with Crippen molar-refractivity contribution in [1.29, 1.82) is 0 Å². The Bertz CT molecular complexity index is 2300. The molecular weight excluding hydrogens is 725 g/mol. The highest BCUT2D eigenvalue weighted by Crippen LogP contribution is 2.39. The summed E-state index contributed by atoms with van der Waals surface area (Å²) in [5, 5.41) is 0. The number of halogens is 8. The molecule has 0 amide bonds. The molecule has 13 heteroatoms. The van der Waals surface area contributed by atoms with Gasteiger partial charge in [-0.15, -0.1) is 0 Å². The van der Waals surface area contributed by atoms with E-state index in [0.717, 1.165) is 24.3 Å². The van der Waals surface area contributed by atoms with Crippen molar-refractivity contribution in [1.82, 2.24) is 9.97 Å². The Labute approximate surface area is 299 Å². The molecule has 6 rings (SSSR count). The van der Waals surface area contributed by atoms with Gasteiger partial charge in [0.05, 0.1) is 34.0 Å². The molecule has 6 aromatic rings. The van der Waals surface area contributed by atoms with Crippen molar-refractivity contribution >= 4 is 9.84 Å². The number of alkyl halides is 6. The van der Waals surface area contributed by atoms with Crippen molar-refractivity contribution in [3.63, 3.8) is 0 Å². The van der Waals surface area contributed by atoms with Crippen LogP contribution in [0.5, 0.6) is 0 Å². The van der Waals surface area contributed by atoms with Crippen molar-refractivity contribution < 1.29 is 43.5 Å². The molecule has 0 aliphatic carbocycles. The fraction of sp³-hybridized carbons (Fsp3) is 0.150. The molecular formula is C40H28F8N2O2S. The molecule has 0 aliphatic heterocycles. The largest absolute Gasteiger partial charge is 0.416 e. The van der Waals surface area contributed by atoms with Crippen LogP contribution in [-0.2, 0) is 33.7 Å². The number of benzene rings is 4. The summed E-state index contributed by atoms with van der Waals surface area (Å²) in [4.78, 5) is 8.52. The van der Waals surface area contributed by atoms with Crippen LogP contribution in [0.3, 0.4) is 0 Å². The molecule has 2 heterocycles. The number of hydrogen-bond donors (Lipinski definition) is 0. The van der Waals surface area contributed by atoms with Crippen LogP contribution in [0, 0.1) is 25.5 Å². The first-order chi connectivity index (χ1) is 24.9. The SMILES string of the molecule is Cc1ccc(-c2cccnc2-c2ccc(CS(=O)(=O)Cc3ccc(-c4ncccc4-c4ccc(C)c(C(F)(F)F)c4)cc3F)c(F)c2)cc1C(F)(F)F. The molecule has 0 spiro atoms. The minimum atomic E-state index is -4.59. The number of nitrogens with zero attached hydrogens (tertiary/aromatic N) is 2. The molecule has 0 saturated carbocycles. The molecule has 0 unspecified atom stereocenters. The number of rotatable bonds is 8. The monoisotopic (exact) mass is 752 g/mol. The van der Waals surface area contributed by atoms with Gasteiger partial charge in [-0.2, -0.15) is 26.3 Å². The van der Waals surface area contributed by atoms with Crippen LogP contribution in [0.1, 0.15) is 33.4 Å². The molecule has 0 atom stereocenters. The Kier molecular flexibility index (Phi) is 9.99. The van der Waals surface area contributed by atoms with Gasteiger partial charge in [-0.25, -0.2) is 17.2 Å². The lowest BCUT2D eigenvalue weighted by atomic mass is 9.95. The van der Waals surface area contributed by atoms with E-state index in [9.17, 15) is 34.8 Å². The number of aryl methyl sites for hydroxylation is 2. The summed E-state index contributed by atoms with van der Waals surface area (Å²) >= 11 is 0. The third kappa shape index (κ3) is 8.15. The first kappa shape index (κ1) is 37.3. The van der Waals surface area contributed by atoms with Gasteiger partial charge < -0.3 is 0 Å². The van der Waals surface area contributed by atoms with E-state index in [1.807, 2.05) is 0 Å². The van der Waals surface area contributed by atoms with Crippen molar-refractivity contribution in [3.8, 4) is 44.8 Å². The topological polar surface area (TPSA) is 59.9 Å². The summed E-state index contributed by atoms with van der Waals surface area (Å²) in [6, 6.07) is 21.2. The average Bonchev–Trinajstić information content (AvgIpc) is 3.09. The van der Waals surface area contributed by atoms with Gasteiger partial charge in [0.25, 0.3) is 0 Å². The van der Waals surface area contributed by atoms with E-state index in [-0.39, 0.29) is 55.9 Å². The second-order valence-corrected chi connectivity index (χ2v) is 14.6. The fourth-order valence-corrected chi connectivity index (χ4v) is 7.59. The number of sulfone groups is 1. The molecule has 0 aliphatic rings. The maximum atomic E-state index is 15.4. The molecule has 2 aromatic heterocycles. The first-order valence-electron chi connectivity index (χ1n) is 16.0. The van der Waals surface area contributed by atoms with Crippen molar-refractivity contribution in [3.05, 3.63) is 154 Å². The van der Waals surface area contributed by atoms with E-state index in [0.29, 0.717) is 11.1 Å². The van der Waals surface area contributed by atoms with Crippen LogP contribution in [-0.4, -0.2) is 18.4 Å². The van der Waals surface area contributed by atoms with Crippen LogP contribution < -0.4 is 0 Å². The van der Waals surface area contributed by atoms with Gasteiger partial charge in [-0.1, -0.05) is 60.7 Å². The van der Waals surface area contributed by atoms with Crippen molar-refractivity contribution in [2.45, 2.75) is 37.7 Å². The zero-order valence-corrected chi connectivity index (χ0v) is 28.8. The molecule has 0 N–H and O–H groups in total. The van der Waals surface area contributed by atoms with Gasteiger partial charge in [-0.3, -0.25) is 9.97 Å². The lowest BCUT2D eigenvalue weighted by Gasteiger charge is -2.15. The predicted molar refractivity (Wildman–Crippen MR) is 186 cm³/mol. The Balaban J connectivity index is 1.23. The Hall–Kier alpha value is -5.43. The normalized spacial score (nSPS) is 12.3. The third-order valence-electron chi connectivity index (χ3n) is 8.73. The van der Waals surface area contributed by atoms with Crippen LogP contribution in [0.2, 0.25) is 0 Å². The van der Waals surface area contributed by atoms with Gasteiger partial charge in [-0.05, 0) is 72.5 Å². The van der Waals surface area contributed by atoms with Gasteiger partial charge >= 0.3 is 12.4 Å². The van der Waals surface area contributed by atoms with Gasteiger partial charge in [0.1, 0.15) is 11.6 Å². The van der Waals surface area contributed by atoms with E-state index < -0.39 is 56.5 Å².